The maximum atomic E-state index is 12.0. The second kappa shape index (κ2) is 6.05. The van der Waals surface area contributed by atoms with E-state index in [1.54, 1.807) is 0 Å². The molecule has 21 heavy (non-hydrogen) atoms. The van der Waals surface area contributed by atoms with E-state index in [1.807, 2.05) is 13.8 Å². The predicted molar refractivity (Wildman–Crippen MR) is 76.8 cm³/mol. The lowest BCUT2D eigenvalue weighted by Crippen LogP contribution is -2.46. The summed E-state index contributed by atoms with van der Waals surface area (Å²) in [5.41, 5.74) is 1.78. The minimum atomic E-state index is -0.128. The Morgan fingerprint density at radius 2 is 2.14 bits per heavy atom. The van der Waals surface area contributed by atoms with Gasteiger partial charge in [-0.25, -0.2) is 4.79 Å². The van der Waals surface area contributed by atoms with E-state index in [4.69, 9.17) is 9.26 Å². The Bertz CT molecular complexity index is 491. The Kier molecular flexibility index (Phi) is 4.14. The Labute approximate surface area is 124 Å². The lowest BCUT2D eigenvalue weighted by molar-refractivity contribution is -0.00914. The van der Waals surface area contributed by atoms with Crippen LogP contribution in [0.4, 0.5) is 4.79 Å². The molecule has 2 fully saturated rings. The zero-order valence-corrected chi connectivity index (χ0v) is 12.6. The highest BCUT2D eigenvalue weighted by atomic mass is 16.5. The van der Waals surface area contributed by atoms with Gasteiger partial charge in [0.15, 0.2) is 0 Å². The Balaban J connectivity index is 1.45. The third-order valence-corrected chi connectivity index (χ3v) is 4.41. The van der Waals surface area contributed by atoms with Crippen molar-refractivity contribution in [2.75, 3.05) is 6.61 Å². The monoisotopic (exact) mass is 293 g/mol. The first-order valence-corrected chi connectivity index (χ1v) is 7.71. The van der Waals surface area contributed by atoms with Gasteiger partial charge in [-0.1, -0.05) is 5.16 Å². The largest absolute Gasteiger partial charge is 0.378 e. The molecular formula is C15H23N3O3. The van der Waals surface area contributed by atoms with E-state index in [2.05, 4.69) is 15.8 Å². The van der Waals surface area contributed by atoms with Crippen molar-refractivity contribution < 1.29 is 14.1 Å². The van der Waals surface area contributed by atoms with Crippen LogP contribution in [0.25, 0.3) is 0 Å². The highest BCUT2D eigenvalue weighted by molar-refractivity contribution is 5.74. The lowest BCUT2D eigenvalue weighted by Gasteiger charge is -2.30. The maximum Gasteiger partial charge on any atom is 0.315 e. The van der Waals surface area contributed by atoms with Crippen molar-refractivity contribution >= 4 is 6.03 Å². The van der Waals surface area contributed by atoms with Crippen molar-refractivity contribution in [1.29, 1.82) is 0 Å². The standard InChI is InChI=1S/C15H23N3O3/c1-9-13(10(2)21-18-9)8-16-15(19)17-12-5-6-20-14(7-12)11-3-4-11/h11-12,14H,3-8H2,1-2H3,(H2,16,17,19)/t12-,14+/m0/s1. The summed E-state index contributed by atoms with van der Waals surface area (Å²) < 4.78 is 10.9. The molecule has 1 aliphatic heterocycles. The highest BCUT2D eigenvalue weighted by Gasteiger charge is 2.36. The quantitative estimate of drug-likeness (QED) is 0.890. The number of rotatable bonds is 4. The zero-order chi connectivity index (χ0) is 14.8. The number of aryl methyl sites for hydroxylation is 2. The summed E-state index contributed by atoms with van der Waals surface area (Å²) in [5, 5.41) is 9.82. The van der Waals surface area contributed by atoms with Gasteiger partial charge in [0, 0.05) is 24.8 Å². The molecule has 1 saturated heterocycles. The van der Waals surface area contributed by atoms with Gasteiger partial charge in [-0.2, -0.15) is 0 Å². The van der Waals surface area contributed by atoms with Gasteiger partial charge in [0.2, 0.25) is 0 Å². The van der Waals surface area contributed by atoms with Gasteiger partial charge in [0.05, 0.1) is 11.8 Å². The second-order valence-electron chi connectivity index (χ2n) is 6.10. The Hall–Kier alpha value is -1.56. The molecule has 0 spiro atoms. The number of urea groups is 1. The van der Waals surface area contributed by atoms with Gasteiger partial charge in [-0.15, -0.1) is 0 Å². The van der Waals surface area contributed by atoms with Crippen LogP contribution in [0.1, 0.15) is 42.7 Å². The molecule has 2 heterocycles. The molecule has 2 atom stereocenters. The molecule has 2 amide bonds. The summed E-state index contributed by atoms with van der Waals surface area (Å²) in [5.74, 6) is 1.48. The van der Waals surface area contributed by atoms with Crippen molar-refractivity contribution in [2.45, 2.75) is 58.2 Å². The van der Waals surface area contributed by atoms with Crippen LogP contribution in [-0.2, 0) is 11.3 Å². The Morgan fingerprint density at radius 3 is 2.81 bits per heavy atom. The van der Waals surface area contributed by atoms with Crippen LogP contribution in [-0.4, -0.2) is 29.9 Å². The van der Waals surface area contributed by atoms with Crippen LogP contribution in [0.15, 0.2) is 4.52 Å². The minimum Gasteiger partial charge on any atom is -0.378 e. The Morgan fingerprint density at radius 1 is 1.33 bits per heavy atom. The summed E-state index contributed by atoms with van der Waals surface area (Å²) in [7, 11) is 0. The van der Waals surface area contributed by atoms with E-state index < -0.39 is 0 Å². The van der Waals surface area contributed by atoms with Crippen molar-refractivity contribution in [1.82, 2.24) is 15.8 Å². The molecule has 1 saturated carbocycles. The summed E-state index contributed by atoms with van der Waals surface area (Å²) in [4.78, 5) is 12.0. The molecule has 2 aliphatic rings. The number of nitrogens with one attached hydrogen (secondary N) is 2. The molecule has 0 radical (unpaired) electrons. The van der Waals surface area contributed by atoms with Crippen LogP contribution in [0.2, 0.25) is 0 Å². The van der Waals surface area contributed by atoms with E-state index in [0.29, 0.717) is 12.6 Å². The molecule has 0 bridgehead atoms. The molecule has 6 nitrogen and oxygen atoms in total. The smallest absolute Gasteiger partial charge is 0.315 e. The molecule has 116 valence electrons. The first-order chi connectivity index (χ1) is 10.1. The summed E-state index contributed by atoms with van der Waals surface area (Å²) >= 11 is 0. The third-order valence-electron chi connectivity index (χ3n) is 4.41. The molecular weight excluding hydrogens is 270 g/mol. The van der Waals surface area contributed by atoms with Crippen LogP contribution >= 0.6 is 0 Å². The number of carbonyl (C=O) groups excluding carboxylic acids is 1. The topological polar surface area (TPSA) is 76.4 Å². The van der Waals surface area contributed by atoms with Gasteiger partial charge in [-0.3, -0.25) is 0 Å². The number of amides is 2. The molecule has 1 aromatic heterocycles. The third kappa shape index (κ3) is 3.56. The van der Waals surface area contributed by atoms with E-state index in [1.165, 1.54) is 12.8 Å². The summed E-state index contributed by atoms with van der Waals surface area (Å²) in [6, 6.07) is 0.0884. The molecule has 1 aliphatic carbocycles. The average Bonchev–Trinajstić information content (AvgIpc) is 3.25. The van der Waals surface area contributed by atoms with Crippen LogP contribution < -0.4 is 10.6 Å². The normalized spacial score (nSPS) is 25.6. The van der Waals surface area contributed by atoms with E-state index in [9.17, 15) is 4.79 Å². The zero-order valence-electron chi connectivity index (χ0n) is 12.6. The minimum absolute atomic E-state index is 0.128. The molecule has 3 rings (SSSR count). The van der Waals surface area contributed by atoms with E-state index in [-0.39, 0.29) is 12.1 Å². The fourth-order valence-electron chi connectivity index (χ4n) is 2.91. The predicted octanol–water partition coefficient (Wildman–Crippen LogP) is 2.05. The van der Waals surface area contributed by atoms with Crippen molar-refractivity contribution in [3.8, 4) is 0 Å². The number of nitrogens with zero attached hydrogens (tertiary/aromatic N) is 1. The van der Waals surface area contributed by atoms with Crippen molar-refractivity contribution in [2.24, 2.45) is 5.92 Å². The van der Waals surface area contributed by atoms with E-state index in [0.717, 1.165) is 42.4 Å². The molecule has 0 aromatic carbocycles. The average molecular weight is 293 g/mol. The van der Waals surface area contributed by atoms with Gasteiger partial charge >= 0.3 is 6.03 Å². The van der Waals surface area contributed by atoms with Crippen LogP contribution in [0, 0.1) is 19.8 Å². The molecule has 6 heteroatoms. The van der Waals surface area contributed by atoms with Crippen LogP contribution in [0.3, 0.4) is 0 Å². The van der Waals surface area contributed by atoms with Crippen molar-refractivity contribution in [3.63, 3.8) is 0 Å². The highest BCUT2D eigenvalue weighted by Crippen LogP contribution is 2.38. The first-order valence-electron chi connectivity index (χ1n) is 7.71. The summed E-state index contributed by atoms with van der Waals surface area (Å²) in [6.07, 6.45) is 4.71. The molecule has 2 N–H and O–H groups in total. The number of hydrogen-bond acceptors (Lipinski definition) is 4. The molecule has 1 aromatic rings. The summed E-state index contributed by atoms with van der Waals surface area (Å²) in [6.45, 7) is 4.93. The SMILES string of the molecule is Cc1noc(C)c1CNC(=O)N[C@H]1CCO[C@@H](C2CC2)C1. The van der Waals surface area contributed by atoms with Gasteiger partial charge in [-0.05, 0) is 45.4 Å². The number of hydrogen-bond donors (Lipinski definition) is 2. The van der Waals surface area contributed by atoms with E-state index >= 15 is 0 Å². The lowest BCUT2D eigenvalue weighted by atomic mass is 10.0. The second-order valence-corrected chi connectivity index (χ2v) is 6.10. The van der Waals surface area contributed by atoms with Gasteiger partial charge in [0.1, 0.15) is 5.76 Å². The molecule has 0 unspecified atom stereocenters. The van der Waals surface area contributed by atoms with Gasteiger partial charge in [0.25, 0.3) is 0 Å². The fourth-order valence-corrected chi connectivity index (χ4v) is 2.91. The fraction of sp³-hybridized carbons (Fsp3) is 0.733. The van der Waals surface area contributed by atoms with Gasteiger partial charge < -0.3 is 19.9 Å². The van der Waals surface area contributed by atoms with Crippen molar-refractivity contribution in [3.05, 3.63) is 17.0 Å². The number of carbonyl (C=O) groups is 1. The number of aromatic nitrogens is 1. The van der Waals surface area contributed by atoms with Crippen LogP contribution in [0.5, 0.6) is 0 Å². The number of ether oxygens (including phenoxy) is 1. The first kappa shape index (κ1) is 14.4. The maximum absolute atomic E-state index is 12.0.